The molecular weight excluding hydrogens is 494 g/mol. The predicted octanol–water partition coefficient (Wildman–Crippen LogP) is 6.96. The summed E-state index contributed by atoms with van der Waals surface area (Å²) in [4.78, 5) is 25.4. The molecule has 1 saturated heterocycles. The Morgan fingerprint density at radius 2 is 1.65 bits per heavy atom. The van der Waals surface area contributed by atoms with Crippen molar-refractivity contribution in [2.75, 3.05) is 6.61 Å². The summed E-state index contributed by atoms with van der Waals surface area (Å²) in [7, 11) is 0. The third kappa shape index (κ3) is 10.3. The summed E-state index contributed by atoms with van der Waals surface area (Å²) in [5.74, 6) is -0.463. The predicted molar refractivity (Wildman–Crippen MR) is 141 cm³/mol. The second-order valence-electron chi connectivity index (χ2n) is 9.27. The Bertz CT molecular complexity index is 739. The van der Waals surface area contributed by atoms with Crippen LogP contribution in [0.3, 0.4) is 0 Å². The van der Waals surface area contributed by atoms with Crippen molar-refractivity contribution in [2.45, 2.75) is 107 Å². The largest absolute Gasteiger partial charge is 0.447 e. The van der Waals surface area contributed by atoms with Gasteiger partial charge in [0.2, 0.25) is 5.91 Å². The van der Waals surface area contributed by atoms with Gasteiger partial charge in [-0.25, -0.2) is 9.69 Å². The summed E-state index contributed by atoms with van der Waals surface area (Å²) in [6.07, 6.45) is 17.7. The summed E-state index contributed by atoms with van der Waals surface area (Å²) in [5.41, 5.74) is 1.03. The van der Waals surface area contributed by atoms with Crippen molar-refractivity contribution in [1.29, 1.82) is 0 Å². The smallest absolute Gasteiger partial charge is 0.417 e. The van der Waals surface area contributed by atoms with E-state index in [4.69, 9.17) is 4.74 Å². The highest BCUT2D eigenvalue weighted by atomic mass is 79.9. The molecule has 6 heteroatoms. The molecule has 0 bridgehead atoms. The van der Waals surface area contributed by atoms with Gasteiger partial charge in [-0.15, -0.1) is 0 Å². The molecule has 0 radical (unpaired) electrons. The SMILES string of the molecule is CCCCCCCCCCCCC/C=C/C(O)C(Br)C(=O)N1C(=O)OC[C@@H]1Cc1ccccc1. The number of unbranched alkanes of at least 4 members (excludes halogenated alkanes) is 11. The van der Waals surface area contributed by atoms with Gasteiger partial charge in [-0.05, 0) is 24.8 Å². The third-order valence-corrected chi connectivity index (χ3v) is 7.29. The van der Waals surface area contributed by atoms with Crippen molar-refractivity contribution in [3.63, 3.8) is 0 Å². The van der Waals surface area contributed by atoms with Crippen LogP contribution in [-0.4, -0.2) is 45.6 Å². The molecule has 1 heterocycles. The number of imide groups is 1. The van der Waals surface area contributed by atoms with Gasteiger partial charge in [0.25, 0.3) is 0 Å². The molecule has 5 nitrogen and oxygen atoms in total. The Balaban J connectivity index is 1.63. The highest BCUT2D eigenvalue weighted by Crippen LogP contribution is 2.22. The highest BCUT2D eigenvalue weighted by molar-refractivity contribution is 9.10. The molecule has 0 spiro atoms. The number of aliphatic hydroxyl groups excluding tert-OH is 1. The maximum absolute atomic E-state index is 12.9. The number of allylic oxidation sites excluding steroid dienone is 1. The van der Waals surface area contributed by atoms with E-state index in [1.165, 1.54) is 64.2 Å². The molecule has 0 aromatic heterocycles. The fourth-order valence-electron chi connectivity index (χ4n) is 4.31. The molecule has 34 heavy (non-hydrogen) atoms. The molecule has 0 saturated carbocycles. The van der Waals surface area contributed by atoms with Gasteiger partial charge in [-0.3, -0.25) is 4.79 Å². The first-order chi connectivity index (χ1) is 16.5. The van der Waals surface area contributed by atoms with Crippen molar-refractivity contribution in [3.8, 4) is 0 Å². The van der Waals surface area contributed by atoms with Crippen LogP contribution < -0.4 is 0 Å². The molecule has 3 atom stereocenters. The van der Waals surface area contributed by atoms with Gasteiger partial charge >= 0.3 is 6.09 Å². The van der Waals surface area contributed by atoms with E-state index in [1.807, 2.05) is 36.4 Å². The number of carbonyl (C=O) groups is 2. The molecule has 2 amide bonds. The van der Waals surface area contributed by atoms with E-state index in [9.17, 15) is 14.7 Å². The summed E-state index contributed by atoms with van der Waals surface area (Å²) < 4.78 is 5.13. The van der Waals surface area contributed by atoms with E-state index in [2.05, 4.69) is 22.9 Å². The molecule has 190 valence electrons. The molecular formula is C28H42BrNO4. The van der Waals surface area contributed by atoms with Crippen LogP contribution in [0, 0.1) is 0 Å². The minimum atomic E-state index is -0.994. The number of ether oxygens (including phenoxy) is 1. The Kier molecular flexibility index (Phi) is 14.2. The van der Waals surface area contributed by atoms with Gasteiger partial charge in [-0.2, -0.15) is 0 Å². The third-order valence-electron chi connectivity index (χ3n) is 6.36. The molecule has 0 aliphatic carbocycles. The maximum atomic E-state index is 12.9. The van der Waals surface area contributed by atoms with Crippen LogP contribution in [0.1, 0.15) is 89.5 Å². The number of nitrogens with zero attached hydrogens (tertiary/aromatic N) is 1. The molecule has 1 N–H and O–H groups in total. The zero-order valence-corrected chi connectivity index (χ0v) is 22.3. The number of hydrogen-bond donors (Lipinski definition) is 1. The van der Waals surface area contributed by atoms with Crippen molar-refractivity contribution >= 4 is 27.9 Å². The van der Waals surface area contributed by atoms with Crippen LogP contribution in [0.5, 0.6) is 0 Å². The zero-order chi connectivity index (χ0) is 24.6. The van der Waals surface area contributed by atoms with Crippen LogP contribution in [0.15, 0.2) is 42.5 Å². The van der Waals surface area contributed by atoms with E-state index in [0.717, 1.165) is 23.3 Å². The van der Waals surface area contributed by atoms with Gasteiger partial charge in [0, 0.05) is 0 Å². The lowest BCUT2D eigenvalue weighted by Gasteiger charge is -2.23. The Labute approximate surface area is 214 Å². The van der Waals surface area contributed by atoms with Gasteiger partial charge < -0.3 is 9.84 Å². The van der Waals surface area contributed by atoms with Crippen LogP contribution in [0.4, 0.5) is 4.79 Å². The topological polar surface area (TPSA) is 66.8 Å². The van der Waals surface area contributed by atoms with Gasteiger partial charge in [0.05, 0.1) is 12.1 Å². The van der Waals surface area contributed by atoms with Gasteiger partial charge in [0.15, 0.2) is 0 Å². The second kappa shape index (κ2) is 16.9. The standard InChI is InChI=1S/C28H42BrNO4/c1-2-3-4-5-6-7-8-9-10-11-12-13-17-20-25(31)26(29)27(32)30-24(22-34-28(30)33)21-23-18-15-14-16-19-23/h14-20,24-26,31H,2-13,21-22H2,1H3/b20-17+/t24-,25?,26?/m0/s1. The van der Waals surface area contributed by atoms with Crippen LogP contribution >= 0.6 is 15.9 Å². The van der Waals surface area contributed by atoms with Crippen LogP contribution in [-0.2, 0) is 16.0 Å². The Morgan fingerprint density at radius 1 is 1.06 bits per heavy atom. The average Bonchev–Trinajstić information content (AvgIpc) is 3.21. The molecule has 2 rings (SSSR count). The van der Waals surface area contributed by atoms with Crippen molar-refractivity contribution < 1.29 is 19.4 Å². The number of alkyl halides is 1. The van der Waals surface area contributed by atoms with Crippen molar-refractivity contribution in [2.24, 2.45) is 0 Å². The normalized spacial score (nSPS) is 17.8. The Hall–Kier alpha value is -1.66. The molecule has 2 unspecified atom stereocenters. The van der Waals surface area contributed by atoms with Crippen LogP contribution in [0.2, 0.25) is 0 Å². The second-order valence-corrected chi connectivity index (χ2v) is 10.3. The number of hydrogen-bond acceptors (Lipinski definition) is 4. The molecule has 1 aromatic carbocycles. The average molecular weight is 537 g/mol. The number of rotatable bonds is 17. The lowest BCUT2D eigenvalue weighted by Crippen LogP contribution is -2.46. The summed E-state index contributed by atoms with van der Waals surface area (Å²) in [6.45, 7) is 2.42. The zero-order valence-electron chi connectivity index (χ0n) is 20.7. The maximum Gasteiger partial charge on any atom is 0.417 e. The van der Waals surface area contributed by atoms with Gasteiger partial charge in [0.1, 0.15) is 11.4 Å². The minimum absolute atomic E-state index is 0.171. The van der Waals surface area contributed by atoms with Crippen molar-refractivity contribution in [1.82, 2.24) is 4.90 Å². The van der Waals surface area contributed by atoms with E-state index < -0.39 is 22.9 Å². The van der Waals surface area contributed by atoms with E-state index in [0.29, 0.717) is 6.42 Å². The molecule has 1 fully saturated rings. The number of carbonyl (C=O) groups excluding carboxylic acids is 2. The molecule has 1 aromatic rings. The van der Waals surface area contributed by atoms with Gasteiger partial charge in [-0.1, -0.05) is 130 Å². The van der Waals surface area contributed by atoms with E-state index in [-0.39, 0.29) is 12.6 Å². The summed E-state index contributed by atoms with van der Waals surface area (Å²) in [6, 6.07) is 9.34. The number of benzene rings is 1. The fraction of sp³-hybridized carbons (Fsp3) is 0.643. The minimum Gasteiger partial charge on any atom is -0.447 e. The first-order valence-corrected chi connectivity index (χ1v) is 14.0. The lowest BCUT2D eigenvalue weighted by molar-refractivity contribution is -0.129. The number of cyclic esters (lactones) is 1. The van der Waals surface area contributed by atoms with E-state index in [1.54, 1.807) is 6.08 Å². The first-order valence-electron chi connectivity index (χ1n) is 13.1. The fourth-order valence-corrected chi connectivity index (χ4v) is 4.70. The first kappa shape index (κ1) is 28.6. The van der Waals surface area contributed by atoms with Crippen LogP contribution in [0.25, 0.3) is 0 Å². The summed E-state index contributed by atoms with van der Waals surface area (Å²) >= 11 is 3.30. The van der Waals surface area contributed by atoms with E-state index >= 15 is 0 Å². The molecule has 1 aliphatic rings. The number of amides is 2. The molecule has 1 aliphatic heterocycles. The summed E-state index contributed by atoms with van der Waals surface area (Å²) in [5, 5.41) is 10.5. The Morgan fingerprint density at radius 3 is 2.26 bits per heavy atom. The van der Waals surface area contributed by atoms with Crippen molar-refractivity contribution in [3.05, 3.63) is 48.0 Å². The lowest BCUT2D eigenvalue weighted by atomic mass is 10.0. The number of aliphatic hydroxyl groups is 1. The highest BCUT2D eigenvalue weighted by Gasteiger charge is 2.41. The number of halogens is 1. The quantitative estimate of drug-likeness (QED) is 0.133. The monoisotopic (exact) mass is 535 g/mol.